The topological polar surface area (TPSA) is 67.9 Å². The zero-order valence-electron chi connectivity index (χ0n) is 10.9. The fraction of sp³-hybridized carbons (Fsp3) is 0.214. The Bertz CT molecular complexity index is 570. The molecule has 0 spiro atoms. The summed E-state index contributed by atoms with van der Waals surface area (Å²) in [7, 11) is 0. The van der Waals surface area contributed by atoms with Crippen molar-refractivity contribution in [1.82, 2.24) is 9.55 Å². The van der Waals surface area contributed by atoms with Crippen molar-refractivity contribution in [3.63, 3.8) is 0 Å². The summed E-state index contributed by atoms with van der Waals surface area (Å²) >= 11 is 0. The zero-order valence-corrected chi connectivity index (χ0v) is 10.9. The van der Waals surface area contributed by atoms with Gasteiger partial charge in [0.2, 0.25) is 0 Å². The molecule has 0 fully saturated rings. The zero-order chi connectivity index (χ0) is 14.1. The standard InChI is InChI=1S/C11H9N3.C3H6O2/c1-9-7-14(8-13-9)11-4-2-3-10(5-11)6-12;1-2-5-3-4/h2-5,7-8H,1H3;3H,2H2,1H3. The molecule has 0 atom stereocenters. The summed E-state index contributed by atoms with van der Waals surface area (Å²) in [6, 6.07) is 9.54. The highest BCUT2D eigenvalue weighted by Crippen LogP contribution is 2.10. The Labute approximate surface area is 112 Å². The Morgan fingerprint density at radius 2 is 2.32 bits per heavy atom. The summed E-state index contributed by atoms with van der Waals surface area (Å²) in [6.07, 6.45) is 3.67. The molecule has 0 radical (unpaired) electrons. The first-order chi connectivity index (χ1) is 9.21. The number of benzene rings is 1. The second kappa shape index (κ2) is 7.67. The highest BCUT2D eigenvalue weighted by atomic mass is 16.5. The number of imidazole rings is 1. The van der Waals surface area contributed by atoms with Crippen molar-refractivity contribution in [2.24, 2.45) is 0 Å². The third-order valence-corrected chi connectivity index (χ3v) is 2.22. The lowest BCUT2D eigenvalue weighted by molar-refractivity contribution is -0.128. The highest BCUT2D eigenvalue weighted by molar-refractivity contribution is 5.41. The van der Waals surface area contributed by atoms with Crippen molar-refractivity contribution in [1.29, 1.82) is 5.26 Å². The first-order valence-electron chi connectivity index (χ1n) is 5.77. The number of carbonyl (C=O) groups excluding carboxylic acids is 1. The lowest BCUT2D eigenvalue weighted by Gasteiger charge is -2.00. The average molecular weight is 257 g/mol. The van der Waals surface area contributed by atoms with Gasteiger partial charge in [0.25, 0.3) is 6.47 Å². The van der Waals surface area contributed by atoms with Crippen LogP contribution in [0.5, 0.6) is 0 Å². The smallest absolute Gasteiger partial charge is 0.293 e. The Hall–Kier alpha value is -2.61. The Balaban J connectivity index is 0.000000312. The second-order valence-electron chi connectivity index (χ2n) is 3.64. The quantitative estimate of drug-likeness (QED) is 0.791. The molecular weight excluding hydrogens is 242 g/mol. The largest absolute Gasteiger partial charge is 0.468 e. The lowest BCUT2D eigenvalue weighted by atomic mass is 10.2. The molecule has 0 aliphatic heterocycles. The van der Waals surface area contributed by atoms with Gasteiger partial charge in [0, 0.05) is 11.9 Å². The second-order valence-corrected chi connectivity index (χ2v) is 3.64. The van der Waals surface area contributed by atoms with E-state index < -0.39 is 0 Å². The molecule has 0 saturated heterocycles. The molecule has 1 aromatic carbocycles. The van der Waals surface area contributed by atoms with E-state index in [0.717, 1.165) is 11.4 Å². The molecule has 19 heavy (non-hydrogen) atoms. The molecule has 1 aromatic heterocycles. The molecule has 2 rings (SSSR count). The molecule has 0 saturated carbocycles. The Kier molecular flexibility index (Phi) is 5.83. The first kappa shape index (κ1) is 14.5. The number of hydrogen-bond donors (Lipinski definition) is 0. The minimum Gasteiger partial charge on any atom is -0.468 e. The predicted molar refractivity (Wildman–Crippen MR) is 70.7 cm³/mol. The van der Waals surface area contributed by atoms with E-state index in [-0.39, 0.29) is 0 Å². The van der Waals surface area contributed by atoms with Gasteiger partial charge in [-0.15, -0.1) is 0 Å². The first-order valence-corrected chi connectivity index (χ1v) is 5.77. The number of rotatable bonds is 3. The monoisotopic (exact) mass is 257 g/mol. The maximum atomic E-state index is 9.18. The van der Waals surface area contributed by atoms with Gasteiger partial charge in [-0.05, 0) is 32.0 Å². The van der Waals surface area contributed by atoms with Crippen LogP contribution in [0.1, 0.15) is 18.2 Å². The number of carbonyl (C=O) groups is 1. The van der Waals surface area contributed by atoms with Crippen LogP contribution in [-0.2, 0) is 9.53 Å². The van der Waals surface area contributed by atoms with Crippen LogP contribution in [0, 0.1) is 18.3 Å². The van der Waals surface area contributed by atoms with Crippen LogP contribution in [0.3, 0.4) is 0 Å². The van der Waals surface area contributed by atoms with E-state index in [0.29, 0.717) is 18.6 Å². The van der Waals surface area contributed by atoms with Gasteiger partial charge in [-0.2, -0.15) is 5.26 Å². The van der Waals surface area contributed by atoms with Crippen LogP contribution in [0.2, 0.25) is 0 Å². The number of ether oxygens (including phenoxy) is 1. The molecule has 5 heteroatoms. The summed E-state index contributed by atoms with van der Waals surface area (Å²) in [6.45, 7) is 4.60. The number of nitrogens with zero attached hydrogens (tertiary/aromatic N) is 3. The maximum absolute atomic E-state index is 9.18. The lowest BCUT2D eigenvalue weighted by Crippen LogP contribution is -1.89. The number of nitriles is 1. The van der Waals surface area contributed by atoms with E-state index >= 15 is 0 Å². The van der Waals surface area contributed by atoms with Gasteiger partial charge in [0.15, 0.2) is 0 Å². The normalized spacial score (nSPS) is 8.89. The van der Waals surface area contributed by atoms with Gasteiger partial charge in [0.05, 0.1) is 30.3 Å². The number of aryl methyl sites for hydroxylation is 1. The van der Waals surface area contributed by atoms with Crippen LogP contribution >= 0.6 is 0 Å². The number of aromatic nitrogens is 2. The minimum absolute atomic E-state index is 0.431. The third-order valence-electron chi connectivity index (χ3n) is 2.22. The third kappa shape index (κ3) is 4.64. The van der Waals surface area contributed by atoms with Crippen LogP contribution in [0.25, 0.3) is 5.69 Å². The highest BCUT2D eigenvalue weighted by Gasteiger charge is 1.98. The van der Waals surface area contributed by atoms with Crippen molar-refractivity contribution < 1.29 is 9.53 Å². The average Bonchev–Trinajstić information content (AvgIpc) is 2.87. The van der Waals surface area contributed by atoms with E-state index in [2.05, 4.69) is 15.8 Å². The van der Waals surface area contributed by atoms with Gasteiger partial charge in [-0.3, -0.25) is 4.79 Å². The summed E-state index contributed by atoms with van der Waals surface area (Å²) in [5.74, 6) is 0. The van der Waals surface area contributed by atoms with Gasteiger partial charge < -0.3 is 9.30 Å². The summed E-state index contributed by atoms with van der Waals surface area (Å²) < 4.78 is 6.05. The van der Waals surface area contributed by atoms with Gasteiger partial charge >= 0.3 is 0 Å². The van der Waals surface area contributed by atoms with Crippen molar-refractivity contribution in [2.45, 2.75) is 13.8 Å². The molecule has 0 N–H and O–H groups in total. The van der Waals surface area contributed by atoms with Crippen molar-refractivity contribution in [2.75, 3.05) is 6.61 Å². The van der Waals surface area contributed by atoms with E-state index in [1.165, 1.54) is 0 Å². The fourth-order valence-corrected chi connectivity index (χ4v) is 1.37. The van der Waals surface area contributed by atoms with Crippen molar-refractivity contribution in [3.8, 4) is 11.8 Å². The van der Waals surface area contributed by atoms with E-state index in [1.54, 1.807) is 19.3 Å². The summed E-state index contributed by atoms with van der Waals surface area (Å²) in [5.41, 5.74) is 2.59. The Morgan fingerprint density at radius 3 is 2.79 bits per heavy atom. The van der Waals surface area contributed by atoms with Gasteiger partial charge in [0.1, 0.15) is 0 Å². The molecule has 0 aliphatic rings. The Morgan fingerprint density at radius 1 is 1.53 bits per heavy atom. The van der Waals surface area contributed by atoms with Gasteiger partial charge in [-0.1, -0.05) is 6.07 Å². The van der Waals surface area contributed by atoms with E-state index in [4.69, 9.17) is 5.26 Å². The molecule has 98 valence electrons. The summed E-state index contributed by atoms with van der Waals surface area (Å²) in [4.78, 5) is 13.3. The number of hydrogen-bond acceptors (Lipinski definition) is 4. The predicted octanol–water partition coefficient (Wildman–Crippen LogP) is 2.23. The molecule has 0 aliphatic carbocycles. The molecule has 0 bridgehead atoms. The van der Waals surface area contributed by atoms with Gasteiger partial charge in [-0.25, -0.2) is 4.98 Å². The van der Waals surface area contributed by atoms with Crippen LogP contribution < -0.4 is 0 Å². The van der Waals surface area contributed by atoms with Crippen molar-refractivity contribution in [3.05, 3.63) is 48.0 Å². The molecule has 0 unspecified atom stereocenters. The molecular formula is C14H15N3O2. The van der Waals surface area contributed by atoms with Crippen LogP contribution in [0.4, 0.5) is 0 Å². The van der Waals surface area contributed by atoms with E-state index in [1.807, 2.05) is 35.9 Å². The summed E-state index contributed by atoms with van der Waals surface area (Å²) in [5, 5.41) is 8.74. The molecule has 1 heterocycles. The molecule has 2 aromatic rings. The minimum atomic E-state index is 0.431. The molecule has 0 amide bonds. The van der Waals surface area contributed by atoms with E-state index in [9.17, 15) is 4.79 Å². The fourth-order valence-electron chi connectivity index (χ4n) is 1.37. The maximum Gasteiger partial charge on any atom is 0.293 e. The SMILES string of the molecule is CCOC=O.Cc1cn(-c2cccc(C#N)c2)cn1. The van der Waals surface area contributed by atoms with Crippen LogP contribution in [0.15, 0.2) is 36.8 Å². The van der Waals surface area contributed by atoms with Crippen molar-refractivity contribution >= 4 is 6.47 Å². The molecule has 5 nitrogen and oxygen atoms in total. The van der Waals surface area contributed by atoms with Crippen LogP contribution in [-0.4, -0.2) is 22.6 Å².